The molecule has 4 nitrogen and oxygen atoms in total. The summed E-state index contributed by atoms with van der Waals surface area (Å²) in [6.45, 7) is 0. The van der Waals surface area contributed by atoms with E-state index in [-0.39, 0.29) is 5.71 Å². The van der Waals surface area contributed by atoms with Gasteiger partial charge in [0, 0.05) is 5.56 Å². The van der Waals surface area contributed by atoms with Crippen LogP contribution in [-0.2, 0) is 9.59 Å². The Morgan fingerprint density at radius 1 is 0.789 bits per heavy atom. The number of amides is 1. The van der Waals surface area contributed by atoms with Gasteiger partial charge in [0.2, 0.25) is 0 Å². The Balaban J connectivity index is 2.04. The number of benzene rings is 2. The minimum atomic E-state index is -0.620. The standard InChI is InChI=1S/C15H10N2O2/c18-14-13(11-7-3-1-4-8-11)16-17(15(14)19)12-9-5-2-6-10-12/h1-10H. The van der Waals surface area contributed by atoms with Crippen molar-refractivity contribution in [2.75, 3.05) is 5.01 Å². The molecule has 1 heterocycles. The number of carbonyl (C=O) groups is 2. The van der Waals surface area contributed by atoms with Crippen LogP contribution < -0.4 is 5.01 Å². The van der Waals surface area contributed by atoms with Crippen LogP contribution in [0.5, 0.6) is 0 Å². The molecule has 0 bridgehead atoms. The molecule has 92 valence electrons. The third-order valence-corrected chi connectivity index (χ3v) is 2.85. The molecule has 0 aromatic heterocycles. The highest BCUT2D eigenvalue weighted by molar-refractivity contribution is 6.72. The molecule has 0 fully saturated rings. The molecule has 19 heavy (non-hydrogen) atoms. The molecule has 0 radical (unpaired) electrons. The number of para-hydroxylation sites is 1. The molecular weight excluding hydrogens is 240 g/mol. The molecule has 1 amide bonds. The van der Waals surface area contributed by atoms with Gasteiger partial charge in [0.25, 0.3) is 5.78 Å². The monoisotopic (exact) mass is 250 g/mol. The molecule has 0 aliphatic carbocycles. The Labute approximate surface area is 110 Å². The molecule has 0 saturated heterocycles. The van der Waals surface area contributed by atoms with E-state index < -0.39 is 11.7 Å². The lowest BCUT2D eigenvalue weighted by molar-refractivity contribution is -0.131. The van der Waals surface area contributed by atoms with Crippen LogP contribution in [0.4, 0.5) is 5.69 Å². The van der Waals surface area contributed by atoms with E-state index in [1.54, 1.807) is 48.5 Å². The summed E-state index contributed by atoms with van der Waals surface area (Å²) in [6.07, 6.45) is 0. The number of carbonyl (C=O) groups excluding carboxylic acids is 2. The van der Waals surface area contributed by atoms with Crippen molar-refractivity contribution in [1.82, 2.24) is 0 Å². The van der Waals surface area contributed by atoms with Gasteiger partial charge in [-0.3, -0.25) is 9.59 Å². The van der Waals surface area contributed by atoms with Gasteiger partial charge in [-0.15, -0.1) is 0 Å². The van der Waals surface area contributed by atoms with Gasteiger partial charge in [0.15, 0.2) is 0 Å². The van der Waals surface area contributed by atoms with Crippen LogP contribution in [0.15, 0.2) is 65.8 Å². The highest BCUT2D eigenvalue weighted by Crippen LogP contribution is 2.20. The summed E-state index contributed by atoms with van der Waals surface area (Å²) in [7, 11) is 0. The quantitative estimate of drug-likeness (QED) is 0.765. The van der Waals surface area contributed by atoms with Gasteiger partial charge >= 0.3 is 5.91 Å². The topological polar surface area (TPSA) is 49.7 Å². The van der Waals surface area contributed by atoms with E-state index in [4.69, 9.17) is 0 Å². The van der Waals surface area contributed by atoms with Crippen LogP contribution in [0.3, 0.4) is 0 Å². The lowest BCUT2D eigenvalue weighted by Gasteiger charge is -2.09. The van der Waals surface area contributed by atoms with Crippen molar-refractivity contribution >= 4 is 23.1 Å². The summed E-state index contributed by atoms with van der Waals surface area (Å²) in [4.78, 5) is 23.9. The summed E-state index contributed by atoms with van der Waals surface area (Å²) in [5, 5.41) is 5.28. The molecule has 0 spiro atoms. The van der Waals surface area contributed by atoms with Crippen molar-refractivity contribution in [3.63, 3.8) is 0 Å². The van der Waals surface area contributed by atoms with Crippen LogP contribution in [0.1, 0.15) is 5.56 Å². The predicted octanol–water partition coefficient (Wildman–Crippen LogP) is 2.01. The van der Waals surface area contributed by atoms with Crippen LogP contribution in [0.25, 0.3) is 0 Å². The van der Waals surface area contributed by atoms with Crippen LogP contribution >= 0.6 is 0 Å². The fraction of sp³-hybridized carbons (Fsp3) is 0. The van der Waals surface area contributed by atoms with Crippen molar-refractivity contribution in [3.05, 3.63) is 66.2 Å². The van der Waals surface area contributed by atoms with Gasteiger partial charge in [-0.05, 0) is 12.1 Å². The fourth-order valence-electron chi connectivity index (χ4n) is 1.92. The molecule has 2 aromatic rings. The van der Waals surface area contributed by atoms with Crippen LogP contribution in [0, 0.1) is 0 Å². The first kappa shape index (κ1) is 11.3. The lowest BCUT2D eigenvalue weighted by Crippen LogP contribution is -2.27. The average molecular weight is 250 g/mol. The van der Waals surface area contributed by atoms with Gasteiger partial charge in [-0.1, -0.05) is 48.5 Å². The second-order valence-electron chi connectivity index (χ2n) is 4.10. The van der Waals surface area contributed by atoms with Gasteiger partial charge in [-0.2, -0.15) is 10.1 Å². The molecule has 1 aliphatic rings. The number of hydrazone groups is 1. The van der Waals surface area contributed by atoms with Gasteiger partial charge in [0.1, 0.15) is 5.71 Å². The van der Waals surface area contributed by atoms with E-state index >= 15 is 0 Å². The maximum Gasteiger partial charge on any atom is 0.321 e. The van der Waals surface area contributed by atoms with Crippen LogP contribution in [-0.4, -0.2) is 17.4 Å². The Morgan fingerprint density at radius 3 is 2.00 bits per heavy atom. The van der Waals surface area contributed by atoms with Gasteiger partial charge < -0.3 is 0 Å². The summed E-state index contributed by atoms with van der Waals surface area (Å²) in [5.74, 6) is -1.19. The maximum atomic E-state index is 12.0. The highest BCUT2D eigenvalue weighted by Gasteiger charge is 2.35. The molecule has 1 aliphatic heterocycles. The van der Waals surface area contributed by atoms with Crippen molar-refractivity contribution in [2.24, 2.45) is 5.10 Å². The number of hydrogen-bond donors (Lipinski definition) is 0. The molecular formula is C15H10N2O2. The predicted molar refractivity (Wildman–Crippen MR) is 71.9 cm³/mol. The summed E-state index contributed by atoms with van der Waals surface area (Å²) < 4.78 is 0. The van der Waals surface area contributed by atoms with Gasteiger partial charge in [-0.25, -0.2) is 0 Å². The van der Waals surface area contributed by atoms with E-state index in [0.29, 0.717) is 11.3 Å². The summed E-state index contributed by atoms with van der Waals surface area (Å²) in [6, 6.07) is 17.9. The smallest absolute Gasteiger partial charge is 0.281 e. The number of Topliss-reactive ketones (excluding diaryl/α,β-unsaturated/α-hetero) is 1. The second-order valence-corrected chi connectivity index (χ2v) is 4.10. The third-order valence-electron chi connectivity index (χ3n) is 2.85. The zero-order valence-corrected chi connectivity index (χ0v) is 9.98. The zero-order chi connectivity index (χ0) is 13.2. The van der Waals surface area contributed by atoms with Crippen LogP contribution in [0.2, 0.25) is 0 Å². The number of hydrogen-bond acceptors (Lipinski definition) is 3. The first-order chi connectivity index (χ1) is 9.27. The van der Waals surface area contributed by atoms with E-state index in [9.17, 15) is 9.59 Å². The summed E-state index contributed by atoms with van der Waals surface area (Å²) in [5.41, 5.74) is 1.43. The minimum absolute atomic E-state index is 0.189. The molecule has 3 rings (SSSR count). The molecule has 0 unspecified atom stereocenters. The zero-order valence-electron chi connectivity index (χ0n) is 9.98. The van der Waals surface area contributed by atoms with Gasteiger partial charge in [0.05, 0.1) is 5.69 Å². The SMILES string of the molecule is O=C1C(=O)N(c2ccccc2)N=C1c1ccccc1. The molecule has 0 N–H and O–H groups in total. The molecule has 4 heteroatoms. The number of anilines is 1. The average Bonchev–Trinajstić information content (AvgIpc) is 2.77. The maximum absolute atomic E-state index is 12.0. The van der Waals surface area contributed by atoms with Crippen molar-refractivity contribution in [1.29, 1.82) is 0 Å². The minimum Gasteiger partial charge on any atom is -0.281 e. The Morgan fingerprint density at radius 2 is 1.37 bits per heavy atom. The van der Waals surface area contributed by atoms with Crippen molar-refractivity contribution in [3.8, 4) is 0 Å². The van der Waals surface area contributed by atoms with Crippen molar-refractivity contribution < 1.29 is 9.59 Å². The van der Waals surface area contributed by atoms with Crippen molar-refractivity contribution in [2.45, 2.75) is 0 Å². The lowest BCUT2D eigenvalue weighted by atomic mass is 10.1. The number of rotatable bonds is 2. The second kappa shape index (κ2) is 4.49. The largest absolute Gasteiger partial charge is 0.321 e. The normalized spacial score (nSPS) is 14.7. The van der Waals surface area contributed by atoms with E-state index in [2.05, 4.69) is 5.10 Å². The Kier molecular flexibility index (Phi) is 2.68. The molecule has 2 aromatic carbocycles. The number of ketones is 1. The third kappa shape index (κ3) is 1.93. The fourth-order valence-corrected chi connectivity index (χ4v) is 1.92. The first-order valence-electron chi connectivity index (χ1n) is 5.85. The molecule has 0 saturated carbocycles. The highest BCUT2D eigenvalue weighted by atomic mass is 16.2. The first-order valence-corrected chi connectivity index (χ1v) is 5.85. The Bertz CT molecular complexity index is 663. The van der Waals surface area contributed by atoms with E-state index in [1.165, 1.54) is 0 Å². The Hall–Kier alpha value is -2.75. The van der Waals surface area contributed by atoms with E-state index in [1.807, 2.05) is 12.1 Å². The molecule has 0 atom stereocenters. The number of nitrogens with zero attached hydrogens (tertiary/aromatic N) is 2. The summed E-state index contributed by atoms with van der Waals surface area (Å²) >= 11 is 0. The van der Waals surface area contributed by atoms with E-state index in [0.717, 1.165) is 5.01 Å².